The zero-order valence-electron chi connectivity index (χ0n) is 10.1. The van der Waals surface area contributed by atoms with Crippen molar-refractivity contribution < 1.29 is 4.74 Å². The van der Waals surface area contributed by atoms with E-state index in [4.69, 9.17) is 4.74 Å². The van der Waals surface area contributed by atoms with Crippen LogP contribution in [0.4, 0.5) is 0 Å². The Morgan fingerprint density at radius 1 is 1.69 bits per heavy atom. The molecule has 1 fully saturated rings. The van der Waals surface area contributed by atoms with E-state index in [-0.39, 0.29) is 0 Å². The number of ether oxygens (including phenoxy) is 1. The molecule has 1 saturated heterocycles. The summed E-state index contributed by atoms with van der Waals surface area (Å²) in [6.45, 7) is 0.938. The van der Waals surface area contributed by atoms with Gasteiger partial charge in [0.1, 0.15) is 0 Å². The van der Waals surface area contributed by atoms with Crippen LogP contribution in [0.15, 0.2) is 12.4 Å². The first-order valence-electron chi connectivity index (χ1n) is 6.04. The number of likely N-dealkylation sites (N-methyl/N-ethyl adjacent to an activating group) is 1. The van der Waals surface area contributed by atoms with E-state index in [1.165, 1.54) is 18.4 Å². The Labute approximate surface area is 97.0 Å². The van der Waals surface area contributed by atoms with Crippen LogP contribution in [0.2, 0.25) is 0 Å². The first-order valence-corrected chi connectivity index (χ1v) is 6.04. The number of hydrogen-bond acceptors (Lipinski definition) is 3. The van der Waals surface area contributed by atoms with Gasteiger partial charge in [-0.05, 0) is 38.3 Å². The molecule has 1 aliphatic rings. The first kappa shape index (κ1) is 11.6. The van der Waals surface area contributed by atoms with Crippen molar-refractivity contribution in [3.63, 3.8) is 0 Å². The van der Waals surface area contributed by atoms with Crippen molar-refractivity contribution in [2.75, 3.05) is 13.7 Å². The second-order valence-corrected chi connectivity index (χ2v) is 4.58. The van der Waals surface area contributed by atoms with Gasteiger partial charge in [0.2, 0.25) is 0 Å². The molecule has 0 bridgehead atoms. The summed E-state index contributed by atoms with van der Waals surface area (Å²) in [6, 6.07) is 0.493. The minimum atomic E-state index is 0.453. The fourth-order valence-corrected chi connectivity index (χ4v) is 2.31. The van der Waals surface area contributed by atoms with E-state index in [0.717, 1.165) is 19.4 Å². The number of nitrogens with one attached hydrogen (secondary N) is 1. The van der Waals surface area contributed by atoms with Gasteiger partial charge in [-0.25, -0.2) is 0 Å². The SMILES string of the molecule is CNC(Cc1cnn(C)c1)CC1CCCO1. The number of aryl methyl sites for hydroxylation is 1. The molecule has 16 heavy (non-hydrogen) atoms. The summed E-state index contributed by atoms with van der Waals surface area (Å²) in [7, 11) is 3.98. The summed E-state index contributed by atoms with van der Waals surface area (Å²) in [5, 5.41) is 7.56. The minimum absolute atomic E-state index is 0.453. The van der Waals surface area contributed by atoms with E-state index >= 15 is 0 Å². The highest BCUT2D eigenvalue weighted by Crippen LogP contribution is 2.18. The van der Waals surface area contributed by atoms with Crippen molar-refractivity contribution in [2.24, 2.45) is 7.05 Å². The van der Waals surface area contributed by atoms with Crippen LogP contribution in [0.3, 0.4) is 0 Å². The largest absolute Gasteiger partial charge is 0.378 e. The highest BCUT2D eigenvalue weighted by Gasteiger charge is 2.20. The Morgan fingerprint density at radius 3 is 3.12 bits per heavy atom. The zero-order chi connectivity index (χ0) is 11.4. The standard InChI is InChI=1S/C12H21N3O/c1-13-11(7-12-4-3-5-16-12)6-10-8-14-15(2)9-10/h8-9,11-13H,3-7H2,1-2H3. The van der Waals surface area contributed by atoms with E-state index in [1.807, 2.05) is 25.0 Å². The molecule has 4 heteroatoms. The number of nitrogens with zero attached hydrogens (tertiary/aromatic N) is 2. The van der Waals surface area contributed by atoms with Gasteiger partial charge in [0, 0.05) is 25.9 Å². The van der Waals surface area contributed by atoms with Crippen LogP contribution in [0.1, 0.15) is 24.8 Å². The Bertz CT molecular complexity index is 318. The molecule has 1 aliphatic heterocycles. The van der Waals surface area contributed by atoms with Gasteiger partial charge in [-0.3, -0.25) is 4.68 Å². The summed E-state index contributed by atoms with van der Waals surface area (Å²) in [6.07, 6.45) is 9.04. The van der Waals surface area contributed by atoms with Crippen LogP contribution in [-0.4, -0.2) is 35.6 Å². The lowest BCUT2D eigenvalue weighted by molar-refractivity contribution is 0.0954. The van der Waals surface area contributed by atoms with Gasteiger partial charge < -0.3 is 10.1 Å². The topological polar surface area (TPSA) is 39.1 Å². The van der Waals surface area contributed by atoms with Gasteiger partial charge in [0.05, 0.1) is 12.3 Å². The average Bonchev–Trinajstić information content (AvgIpc) is 2.89. The van der Waals surface area contributed by atoms with Crippen LogP contribution in [0.5, 0.6) is 0 Å². The van der Waals surface area contributed by atoms with Gasteiger partial charge in [0.25, 0.3) is 0 Å². The smallest absolute Gasteiger partial charge is 0.0590 e. The monoisotopic (exact) mass is 223 g/mol. The molecule has 0 radical (unpaired) electrons. The predicted molar refractivity (Wildman–Crippen MR) is 63.4 cm³/mol. The molecule has 1 N–H and O–H groups in total. The minimum Gasteiger partial charge on any atom is -0.378 e. The highest BCUT2D eigenvalue weighted by atomic mass is 16.5. The molecular weight excluding hydrogens is 202 g/mol. The molecule has 4 nitrogen and oxygen atoms in total. The second-order valence-electron chi connectivity index (χ2n) is 4.58. The normalized spacial score (nSPS) is 22.5. The molecule has 0 amide bonds. The van der Waals surface area contributed by atoms with Gasteiger partial charge in [-0.15, -0.1) is 0 Å². The summed E-state index contributed by atoms with van der Waals surface area (Å²) >= 11 is 0. The Morgan fingerprint density at radius 2 is 2.56 bits per heavy atom. The molecule has 0 saturated carbocycles. The Kier molecular flexibility index (Phi) is 3.96. The van der Waals surface area contributed by atoms with Crippen molar-refractivity contribution in [3.8, 4) is 0 Å². The molecule has 1 aromatic heterocycles. The highest BCUT2D eigenvalue weighted by molar-refractivity contribution is 5.06. The zero-order valence-corrected chi connectivity index (χ0v) is 10.1. The maximum atomic E-state index is 5.67. The summed E-state index contributed by atoms with van der Waals surface area (Å²) in [4.78, 5) is 0. The average molecular weight is 223 g/mol. The van der Waals surface area contributed by atoms with Crippen LogP contribution < -0.4 is 5.32 Å². The van der Waals surface area contributed by atoms with E-state index in [2.05, 4.69) is 16.6 Å². The van der Waals surface area contributed by atoms with Crippen molar-refractivity contribution in [2.45, 2.75) is 37.8 Å². The van der Waals surface area contributed by atoms with E-state index in [9.17, 15) is 0 Å². The predicted octanol–water partition coefficient (Wildman–Crippen LogP) is 1.12. The number of rotatable bonds is 5. The Hall–Kier alpha value is -0.870. The second kappa shape index (κ2) is 5.46. The van der Waals surface area contributed by atoms with Gasteiger partial charge in [-0.2, -0.15) is 5.10 Å². The fourth-order valence-electron chi connectivity index (χ4n) is 2.31. The van der Waals surface area contributed by atoms with Crippen LogP contribution >= 0.6 is 0 Å². The van der Waals surface area contributed by atoms with Crippen LogP contribution in [0.25, 0.3) is 0 Å². The molecule has 2 unspecified atom stereocenters. The van der Waals surface area contributed by atoms with Crippen molar-refractivity contribution in [1.82, 2.24) is 15.1 Å². The van der Waals surface area contributed by atoms with E-state index in [1.54, 1.807) is 0 Å². The maximum Gasteiger partial charge on any atom is 0.0590 e. The van der Waals surface area contributed by atoms with Crippen molar-refractivity contribution in [3.05, 3.63) is 18.0 Å². The van der Waals surface area contributed by atoms with Crippen molar-refractivity contribution in [1.29, 1.82) is 0 Å². The molecule has 0 aliphatic carbocycles. The Balaban J connectivity index is 1.84. The van der Waals surface area contributed by atoms with Crippen LogP contribution in [-0.2, 0) is 18.2 Å². The number of aromatic nitrogens is 2. The number of hydrogen-bond donors (Lipinski definition) is 1. The molecule has 0 aromatic carbocycles. The molecular formula is C12H21N3O. The molecule has 0 spiro atoms. The quantitative estimate of drug-likeness (QED) is 0.813. The van der Waals surface area contributed by atoms with E-state index < -0.39 is 0 Å². The molecule has 2 heterocycles. The van der Waals surface area contributed by atoms with Gasteiger partial charge in [0.15, 0.2) is 0 Å². The lowest BCUT2D eigenvalue weighted by Crippen LogP contribution is -2.31. The summed E-state index contributed by atoms with van der Waals surface area (Å²) < 4.78 is 7.52. The molecule has 2 atom stereocenters. The molecule has 90 valence electrons. The lowest BCUT2D eigenvalue weighted by Gasteiger charge is -2.19. The molecule has 2 rings (SSSR count). The van der Waals surface area contributed by atoms with Crippen molar-refractivity contribution >= 4 is 0 Å². The lowest BCUT2D eigenvalue weighted by atomic mass is 10.0. The fraction of sp³-hybridized carbons (Fsp3) is 0.750. The first-order chi connectivity index (χ1) is 7.78. The summed E-state index contributed by atoms with van der Waals surface area (Å²) in [5.74, 6) is 0. The van der Waals surface area contributed by atoms with E-state index in [0.29, 0.717) is 12.1 Å². The third-order valence-electron chi connectivity index (χ3n) is 3.22. The van der Waals surface area contributed by atoms with Gasteiger partial charge >= 0.3 is 0 Å². The van der Waals surface area contributed by atoms with Gasteiger partial charge in [-0.1, -0.05) is 0 Å². The third-order valence-corrected chi connectivity index (χ3v) is 3.22. The van der Waals surface area contributed by atoms with Crippen LogP contribution in [0, 0.1) is 0 Å². The third kappa shape index (κ3) is 3.06. The maximum absolute atomic E-state index is 5.67. The molecule has 1 aromatic rings. The summed E-state index contributed by atoms with van der Waals surface area (Å²) in [5.41, 5.74) is 1.29.